The van der Waals surface area contributed by atoms with E-state index in [1.165, 1.54) is 32.1 Å². The second-order valence-corrected chi connectivity index (χ2v) is 22.5. The van der Waals surface area contributed by atoms with E-state index in [1.807, 2.05) is 0 Å². The van der Waals surface area contributed by atoms with Gasteiger partial charge in [-0.2, -0.15) is 34.4 Å². The molecule has 2 atom stereocenters. The first-order chi connectivity index (χ1) is 28.9. The summed E-state index contributed by atoms with van der Waals surface area (Å²) >= 11 is 0. The van der Waals surface area contributed by atoms with Crippen LogP contribution in [0.2, 0.25) is 0 Å². The molecular formula is C41H74F6O15S2Ti. The van der Waals surface area contributed by atoms with Crippen LogP contribution in [-0.4, -0.2) is 133 Å². The Morgan fingerprint density at radius 3 is 0.954 bits per heavy atom. The van der Waals surface area contributed by atoms with Gasteiger partial charge in [-0.3, -0.25) is 0 Å². The maximum absolute atomic E-state index is 13.1. The van der Waals surface area contributed by atoms with Gasteiger partial charge >= 0.3 is 42.9 Å². The number of aliphatic hydroxyl groups is 7. The summed E-state index contributed by atoms with van der Waals surface area (Å²) in [5.74, 6) is -2.50. The maximum atomic E-state index is 13.1. The normalized spacial score (nSPS) is 30.2. The molecule has 0 aromatic rings. The number of carbonyl (C=O) groups excluding carboxylic acids is 2. The fraction of sp³-hybridized carbons (Fsp3) is 0.951. The van der Waals surface area contributed by atoms with Crippen LogP contribution < -0.4 is 0 Å². The van der Waals surface area contributed by atoms with E-state index in [4.69, 9.17) is 20.4 Å². The van der Waals surface area contributed by atoms with E-state index in [0.29, 0.717) is 51.4 Å². The molecule has 0 aliphatic heterocycles. The molecule has 0 radical (unpaired) electrons. The quantitative estimate of drug-likeness (QED) is 0.0682. The van der Waals surface area contributed by atoms with Gasteiger partial charge in [-0.15, -0.1) is 0 Å². The van der Waals surface area contributed by atoms with Crippen LogP contribution in [0.3, 0.4) is 0 Å². The summed E-state index contributed by atoms with van der Waals surface area (Å²) in [6.45, 7) is 14.1. The Morgan fingerprint density at radius 2 is 0.754 bits per heavy atom. The van der Waals surface area contributed by atoms with E-state index in [-0.39, 0.29) is 75.6 Å². The third-order valence-corrected chi connectivity index (χ3v) is 13.0. The van der Waals surface area contributed by atoms with Gasteiger partial charge in [0.15, 0.2) is 0 Å². The van der Waals surface area contributed by atoms with Crippen molar-refractivity contribution < 1.29 is 119 Å². The summed E-state index contributed by atoms with van der Waals surface area (Å²) in [6.07, 6.45) is 11.4. The second kappa shape index (κ2) is 26.7. The SMILES string of the molecule is CC(C)O.CC(C)O.CC(C)O.CC(C)O.COC(=O)C(F)(F)S(=O)(=O)F.O=C(OCC12CC3CC(CC(CO)(C3)C1)C2)C(F)(F)S(=O)(=O)F.OCC12CC3CC(C1)CC(CO)(C3)C2.[Ti]. The summed E-state index contributed by atoms with van der Waals surface area (Å²) in [6, 6.07) is 0. The van der Waals surface area contributed by atoms with E-state index >= 15 is 0 Å². The molecule has 7 N–H and O–H groups in total. The molecule has 8 fully saturated rings. The Morgan fingerprint density at radius 1 is 0.538 bits per heavy atom. The minimum atomic E-state index is -6.34. The maximum Gasteiger partial charge on any atom is 0.470 e. The van der Waals surface area contributed by atoms with Crippen LogP contribution in [0.4, 0.5) is 25.3 Å². The van der Waals surface area contributed by atoms with Crippen molar-refractivity contribution >= 4 is 32.4 Å². The fourth-order valence-corrected chi connectivity index (χ4v) is 11.2. The molecule has 8 saturated carbocycles. The van der Waals surface area contributed by atoms with Crippen molar-refractivity contribution in [2.24, 2.45) is 45.3 Å². The number of esters is 2. The van der Waals surface area contributed by atoms with Gasteiger partial charge in [0, 0.05) is 71.4 Å². The molecule has 15 nitrogen and oxygen atoms in total. The molecule has 386 valence electrons. The van der Waals surface area contributed by atoms with Gasteiger partial charge in [-0.25, -0.2) is 9.59 Å². The molecule has 0 amide bonds. The standard InChI is InChI=1S/C14H19F3O5S.C12H20O2.C3H3F3O4S.4C3H8O.Ti/c15-14(16,23(17,20)21)11(19)22-8-13-4-9-1-10(5-13)3-12(2-9,6-13)7-18;13-7-11-2-9-1-10(4-11)5-12(3-9,6-11)8-14;1-10-2(7)3(4,5)11(6,8)9;4*1-3(2)4;/h9-10,18H,1-8H2;9-10,13-14H,1-8H2;1H3;4*3-4H,1-2H3;. The predicted octanol–water partition coefficient (Wildman–Crippen LogP) is 5.16. The third-order valence-electron chi connectivity index (χ3n) is 11.4. The van der Waals surface area contributed by atoms with E-state index in [1.54, 1.807) is 55.4 Å². The summed E-state index contributed by atoms with van der Waals surface area (Å²) < 4.78 is 122. The van der Waals surface area contributed by atoms with E-state index < -0.39 is 48.3 Å². The largest absolute Gasteiger partial charge is 0.470 e. The van der Waals surface area contributed by atoms with Crippen LogP contribution in [0.1, 0.15) is 132 Å². The molecule has 0 spiro atoms. The Bertz CT molecular complexity index is 1580. The first-order valence-electron chi connectivity index (χ1n) is 21.3. The predicted molar refractivity (Wildman–Crippen MR) is 223 cm³/mol. The first kappa shape index (κ1) is 65.9. The number of halogens is 6. The number of rotatable bonds is 9. The van der Waals surface area contributed by atoms with Crippen LogP contribution in [-0.2, 0) is 61.2 Å². The Balaban J connectivity index is 0. The number of ether oxygens (including phenoxy) is 2. The van der Waals surface area contributed by atoms with Crippen molar-refractivity contribution in [1.29, 1.82) is 0 Å². The van der Waals surface area contributed by atoms with Crippen molar-refractivity contribution in [1.82, 2.24) is 0 Å². The number of hydrogen-bond acceptors (Lipinski definition) is 15. The third kappa shape index (κ3) is 20.8. The smallest absolute Gasteiger partial charge is 0.464 e. The molecule has 0 saturated heterocycles. The monoisotopic (exact) mass is 1030 g/mol. The molecular weight excluding hydrogens is 958 g/mol. The van der Waals surface area contributed by atoms with Gasteiger partial charge in [-0.1, -0.05) is 7.77 Å². The molecule has 2 unspecified atom stereocenters. The van der Waals surface area contributed by atoms with Gasteiger partial charge in [0.05, 0.1) is 13.7 Å². The molecule has 0 aromatic carbocycles. The number of carbonyl (C=O) groups is 2. The number of methoxy groups -OCH3 is 1. The van der Waals surface area contributed by atoms with Crippen molar-refractivity contribution in [2.75, 3.05) is 33.5 Å². The van der Waals surface area contributed by atoms with Crippen LogP contribution in [0.25, 0.3) is 0 Å². The second-order valence-electron chi connectivity index (χ2n) is 19.7. The number of alkyl halides is 4. The summed E-state index contributed by atoms with van der Waals surface area (Å²) in [5, 5.41) is 50.8. The average Bonchev–Trinajstić information content (AvgIpc) is 3.11. The van der Waals surface area contributed by atoms with Gasteiger partial charge in [-0.05, 0) is 172 Å². The number of aliphatic hydroxyl groups excluding tert-OH is 7. The zero-order chi connectivity index (χ0) is 50.5. The van der Waals surface area contributed by atoms with Gasteiger partial charge in [0.25, 0.3) is 0 Å². The van der Waals surface area contributed by atoms with Gasteiger partial charge in [0.2, 0.25) is 0 Å². The first-order valence-corrected chi connectivity index (χ1v) is 24.1. The van der Waals surface area contributed by atoms with Crippen molar-refractivity contribution in [3.05, 3.63) is 0 Å². The molecule has 8 aliphatic rings. The molecule has 8 bridgehead atoms. The topological polar surface area (TPSA) is 262 Å². The summed E-state index contributed by atoms with van der Waals surface area (Å²) in [7, 11) is -12.1. The molecule has 8 aliphatic carbocycles. The van der Waals surface area contributed by atoms with E-state index in [2.05, 4.69) is 9.47 Å². The zero-order valence-corrected chi connectivity index (χ0v) is 42.1. The van der Waals surface area contributed by atoms with E-state index in [9.17, 15) is 67.1 Å². The van der Waals surface area contributed by atoms with Crippen LogP contribution in [0.15, 0.2) is 0 Å². The van der Waals surface area contributed by atoms with Crippen LogP contribution in [0.5, 0.6) is 0 Å². The van der Waals surface area contributed by atoms with Crippen LogP contribution in [0, 0.1) is 45.3 Å². The Kier molecular flexibility index (Phi) is 27.1. The minimum Gasteiger partial charge on any atom is -0.464 e. The summed E-state index contributed by atoms with van der Waals surface area (Å²) in [5.41, 5.74) is -0.372. The summed E-state index contributed by atoms with van der Waals surface area (Å²) in [4.78, 5) is 21.2. The average molecular weight is 1030 g/mol. The Labute approximate surface area is 395 Å². The van der Waals surface area contributed by atoms with Crippen molar-refractivity contribution in [3.63, 3.8) is 0 Å². The van der Waals surface area contributed by atoms with Gasteiger partial charge < -0.3 is 45.2 Å². The van der Waals surface area contributed by atoms with Crippen molar-refractivity contribution in [3.8, 4) is 0 Å². The molecule has 24 heteroatoms. The molecule has 8 rings (SSSR count). The molecule has 0 aromatic heterocycles. The van der Waals surface area contributed by atoms with Crippen LogP contribution >= 0.6 is 0 Å². The fourth-order valence-electron chi connectivity index (χ4n) is 10.6. The minimum absolute atomic E-state index is 0. The molecule has 65 heavy (non-hydrogen) atoms. The van der Waals surface area contributed by atoms with Crippen molar-refractivity contribution in [2.45, 2.75) is 167 Å². The molecule has 0 heterocycles. The van der Waals surface area contributed by atoms with E-state index in [0.717, 1.165) is 37.5 Å². The van der Waals surface area contributed by atoms with Gasteiger partial charge in [0.1, 0.15) is 0 Å². The zero-order valence-electron chi connectivity index (χ0n) is 38.9. The number of hydrogen-bond donors (Lipinski definition) is 7. The Hall–Kier alpha value is -1.15.